The van der Waals surface area contributed by atoms with Crippen LogP contribution in [0.15, 0.2) is 40.3 Å². The zero-order valence-electron chi connectivity index (χ0n) is 16.3. The Bertz CT molecular complexity index is 1360. The minimum atomic E-state index is -0.539. The summed E-state index contributed by atoms with van der Waals surface area (Å²) < 4.78 is 7.76. The molecule has 0 amide bonds. The van der Waals surface area contributed by atoms with Gasteiger partial charge in [-0.15, -0.1) is 11.3 Å². The van der Waals surface area contributed by atoms with E-state index in [0.29, 0.717) is 23.5 Å². The van der Waals surface area contributed by atoms with E-state index >= 15 is 0 Å². The molecule has 0 fully saturated rings. The molecule has 0 unspecified atom stereocenters. The van der Waals surface area contributed by atoms with Gasteiger partial charge in [-0.3, -0.25) is 9.78 Å². The van der Waals surface area contributed by atoms with Crippen molar-refractivity contribution in [2.45, 2.75) is 26.3 Å². The van der Waals surface area contributed by atoms with Gasteiger partial charge in [0.1, 0.15) is 12.1 Å². The fourth-order valence-corrected chi connectivity index (χ4v) is 4.54. The van der Waals surface area contributed by atoms with Crippen LogP contribution in [0.25, 0.3) is 33.2 Å². The number of thiazole rings is 1. The highest BCUT2D eigenvalue weighted by Gasteiger charge is 2.24. The second-order valence-corrected chi connectivity index (χ2v) is 8.29. The predicted octanol–water partition coefficient (Wildman–Crippen LogP) is 2.63. The van der Waals surface area contributed by atoms with Crippen LogP contribution < -0.4 is 16.0 Å². The molecule has 3 aromatic heterocycles. The number of ether oxygens (including phenoxy) is 1. The molecule has 0 spiro atoms. The van der Waals surface area contributed by atoms with Crippen molar-refractivity contribution in [1.29, 1.82) is 0 Å². The van der Waals surface area contributed by atoms with E-state index in [1.807, 2.05) is 30.7 Å². The molecule has 0 saturated carbocycles. The summed E-state index contributed by atoms with van der Waals surface area (Å²) in [5, 5.41) is 5.11. The standard InChI is InChI=1S/C20H18N6O3S/c1-10(2)26-17(22-9-23-26)19-24-16-12-7-11(13-8-21-20(28)25-18(13)27)3-4-14(12)29-6-5-15(16)30-19/h3-4,7-10H,5-6H2,1-2H3,(H2,21,25,27,28). The van der Waals surface area contributed by atoms with Gasteiger partial charge in [0.2, 0.25) is 0 Å². The molecule has 0 radical (unpaired) electrons. The van der Waals surface area contributed by atoms with E-state index in [-0.39, 0.29) is 6.04 Å². The molecule has 1 aliphatic rings. The molecule has 30 heavy (non-hydrogen) atoms. The molecule has 0 bridgehead atoms. The SMILES string of the molecule is CC(C)n1ncnc1-c1nc2c(s1)CCOc1ccc(-c3c[nH]c(=O)[nH]c3=O)cc1-2. The molecular weight excluding hydrogens is 404 g/mol. The van der Waals surface area contributed by atoms with Crippen LogP contribution in [0, 0.1) is 0 Å². The van der Waals surface area contributed by atoms with Gasteiger partial charge in [-0.1, -0.05) is 6.07 Å². The minimum Gasteiger partial charge on any atom is -0.493 e. The summed E-state index contributed by atoms with van der Waals surface area (Å²) in [4.78, 5) is 38.8. The number of hydrogen-bond donors (Lipinski definition) is 2. The molecule has 1 aromatic carbocycles. The highest BCUT2D eigenvalue weighted by Crippen LogP contribution is 2.41. The van der Waals surface area contributed by atoms with Crippen molar-refractivity contribution in [3.8, 4) is 39.0 Å². The van der Waals surface area contributed by atoms with Crippen LogP contribution in [0.1, 0.15) is 24.8 Å². The molecule has 152 valence electrons. The molecule has 0 aliphatic carbocycles. The number of nitrogens with one attached hydrogen (secondary N) is 2. The van der Waals surface area contributed by atoms with Gasteiger partial charge in [0.15, 0.2) is 10.8 Å². The van der Waals surface area contributed by atoms with E-state index < -0.39 is 11.2 Å². The van der Waals surface area contributed by atoms with Crippen molar-refractivity contribution >= 4 is 11.3 Å². The van der Waals surface area contributed by atoms with Crippen molar-refractivity contribution in [2.24, 2.45) is 0 Å². The summed E-state index contributed by atoms with van der Waals surface area (Å²) in [7, 11) is 0. The lowest BCUT2D eigenvalue weighted by Gasteiger charge is -2.09. The Balaban J connectivity index is 1.66. The Labute approximate surface area is 174 Å². The van der Waals surface area contributed by atoms with Gasteiger partial charge in [0.05, 0.1) is 17.9 Å². The summed E-state index contributed by atoms with van der Waals surface area (Å²) in [5.41, 5.74) is 1.69. The van der Waals surface area contributed by atoms with E-state index in [9.17, 15) is 9.59 Å². The number of aromatic nitrogens is 6. The normalized spacial score (nSPS) is 12.9. The van der Waals surface area contributed by atoms with Crippen LogP contribution in [-0.2, 0) is 6.42 Å². The van der Waals surface area contributed by atoms with Crippen molar-refractivity contribution in [3.05, 3.63) is 56.4 Å². The van der Waals surface area contributed by atoms with Gasteiger partial charge in [0.25, 0.3) is 5.56 Å². The second-order valence-electron chi connectivity index (χ2n) is 7.21. The number of nitrogens with zero attached hydrogens (tertiary/aromatic N) is 4. The van der Waals surface area contributed by atoms with Crippen molar-refractivity contribution in [1.82, 2.24) is 29.7 Å². The molecule has 2 N–H and O–H groups in total. The van der Waals surface area contributed by atoms with E-state index in [1.54, 1.807) is 23.7 Å². The third kappa shape index (κ3) is 3.05. The van der Waals surface area contributed by atoms with Gasteiger partial charge in [-0.2, -0.15) is 5.10 Å². The van der Waals surface area contributed by atoms with E-state index in [4.69, 9.17) is 9.72 Å². The van der Waals surface area contributed by atoms with Gasteiger partial charge in [-0.05, 0) is 31.5 Å². The predicted molar refractivity (Wildman–Crippen MR) is 113 cm³/mol. The van der Waals surface area contributed by atoms with Gasteiger partial charge < -0.3 is 9.72 Å². The average Bonchev–Trinajstić information content (AvgIpc) is 3.32. The largest absolute Gasteiger partial charge is 0.493 e. The zero-order valence-corrected chi connectivity index (χ0v) is 17.1. The summed E-state index contributed by atoms with van der Waals surface area (Å²) in [5.74, 6) is 1.44. The quantitative estimate of drug-likeness (QED) is 0.524. The minimum absolute atomic E-state index is 0.167. The number of hydrogen-bond acceptors (Lipinski definition) is 7. The molecular formula is C20H18N6O3S. The number of benzene rings is 1. The third-order valence-electron chi connectivity index (χ3n) is 4.90. The summed E-state index contributed by atoms with van der Waals surface area (Å²) in [6, 6.07) is 5.68. The van der Waals surface area contributed by atoms with Gasteiger partial charge in [0, 0.05) is 29.1 Å². The fraction of sp³-hybridized carbons (Fsp3) is 0.250. The second kappa shape index (κ2) is 7.06. The lowest BCUT2D eigenvalue weighted by atomic mass is 10.0. The number of fused-ring (bicyclic) bond motifs is 3. The molecule has 4 aromatic rings. The molecule has 5 rings (SSSR count). The van der Waals surface area contributed by atoms with Crippen molar-refractivity contribution in [2.75, 3.05) is 6.61 Å². The first kappa shape index (κ1) is 18.5. The first-order valence-electron chi connectivity index (χ1n) is 9.50. The average molecular weight is 422 g/mol. The van der Waals surface area contributed by atoms with Crippen molar-refractivity contribution in [3.63, 3.8) is 0 Å². The molecule has 10 heteroatoms. The number of aromatic amines is 2. The molecule has 0 atom stereocenters. The Morgan fingerprint density at radius 1 is 1.23 bits per heavy atom. The first-order valence-corrected chi connectivity index (χ1v) is 10.3. The lowest BCUT2D eigenvalue weighted by Crippen LogP contribution is -2.22. The number of H-pyrrole nitrogens is 2. The smallest absolute Gasteiger partial charge is 0.325 e. The van der Waals surface area contributed by atoms with Crippen LogP contribution >= 0.6 is 11.3 Å². The summed E-state index contributed by atoms with van der Waals surface area (Å²) in [6.45, 7) is 4.64. The zero-order chi connectivity index (χ0) is 20.8. The molecule has 0 saturated heterocycles. The van der Waals surface area contributed by atoms with Crippen molar-refractivity contribution < 1.29 is 4.74 Å². The maximum atomic E-state index is 12.2. The summed E-state index contributed by atoms with van der Waals surface area (Å²) >= 11 is 1.58. The first-order chi connectivity index (χ1) is 14.5. The highest BCUT2D eigenvalue weighted by atomic mass is 32.1. The monoisotopic (exact) mass is 422 g/mol. The highest BCUT2D eigenvalue weighted by molar-refractivity contribution is 7.15. The van der Waals surface area contributed by atoms with E-state index in [2.05, 4.69) is 20.1 Å². The Morgan fingerprint density at radius 3 is 2.90 bits per heavy atom. The van der Waals surface area contributed by atoms with Crippen LogP contribution in [0.4, 0.5) is 0 Å². The molecule has 1 aliphatic heterocycles. The van der Waals surface area contributed by atoms with Gasteiger partial charge >= 0.3 is 5.69 Å². The van der Waals surface area contributed by atoms with E-state index in [0.717, 1.165) is 33.4 Å². The number of rotatable bonds is 3. The van der Waals surface area contributed by atoms with E-state index in [1.165, 1.54) is 6.20 Å². The van der Waals surface area contributed by atoms with Crippen LogP contribution in [0.5, 0.6) is 5.75 Å². The maximum Gasteiger partial charge on any atom is 0.325 e. The van der Waals surface area contributed by atoms with Crippen LogP contribution in [0.2, 0.25) is 0 Å². The van der Waals surface area contributed by atoms with Gasteiger partial charge in [-0.25, -0.2) is 19.4 Å². The van der Waals surface area contributed by atoms with Crippen LogP contribution in [-0.4, -0.2) is 36.3 Å². The Morgan fingerprint density at radius 2 is 2.10 bits per heavy atom. The topological polar surface area (TPSA) is 119 Å². The molecule has 9 nitrogen and oxygen atoms in total. The molecule has 4 heterocycles. The summed E-state index contributed by atoms with van der Waals surface area (Å²) in [6.07, 6.45) is 3.69. The fourth-order valence-electron chi connectivity index (χ4n) is 3.49. The lowest BCUT2D eigenvalue weighted by molar-refractivity contribution is 0.327. The maximum absolute atomic E-state index is 12.2. The third-order valence-corrected chi connectivity index (χ3v) is 6.01. The Kier molecular flexibility index (Phi) is 4.35. The Hall–Kier alpha value is -3.53. The van der Waals surface area contributed by atoms with Crippen LogP contribution in [0.3, 0.4) is 0 Å².